The van der Waals surface area contributed by atoms with Gasteiger partial charge < -0.3 is 10.3 Å². The van der Waals surface area contributed by atoms with Gasteiger partial charge in [-0.1, -0.05) is 5.16 Å². The van der Waals surface area contributed by atoms with Crippen molar-refractivity contribution in [3.63, 3.8) is 0 Å². The van der Waals surface area contributed by atoms with E-state index in [2.05, 4.69) is 25.2 Å². The molecule has 0 fully saturated rings. The Hall–Kier alpha value is -2.77. The highest BCUT2D eigenvalue weighted by atomic mass is 16.5. The summed E-state index contributed by atoms with van der Waals surface area (Å²) in [6.45, 7) is 2.27. The second-order valence-corrected chi connectivity index (χ2v) is 4.07. The van der Waals surface area contributed by atoms with Crippen LogP contribution in [-0.2, 0) is 6.54 Å². The quantitative estimate of drug-likeness (QED) is 0.734. The van der Waals surface area contributed by atoms with E-state index in [1.165, 1.54) is 0 Å². The van der Waals surface area contributed by atoms with Crippen molar-refractivity contribution in [2.75, 3.05) is 5.73 Å². The fourth-order valence-corrected chi connectivity index (χ4v) is 1.52. The molecule has 0 unspecified atom stereocenters. The first-order chi connectivity index (χ1) is 9.20. The fraction of sp³-hybridized carbons (Fsp3) is 0.182. The minimum Gasteiger partial charge on any atom is -0.396 e. The lowest BCUT2D eigenvalue weighted by Gasteiger charge is -1.94. The molecule has 8 nitrogen and oxygen atoms in total. The standard InChI is InChI=1S/C11H11N7O/c1-7-2-13-10(14-3-7)11-16-9(19-17-11)6-18-5-8(12)4-15-18/h2-5H,6,12H2,1H3. The highest BCUT2D eigenvalue weighted by Crippen LogP contribution is 2.11. The fourth-order valence-electron chi connectivity index (χ4n) is 1.52. The van der Waals surface area contributed by atoms with Gasteiger partial charge in [-0.05, 0) is 12.5 Å². The molecular formula is C11H11N7O. The summed E-state index contributed by atoms with van der Waals surface area (Å²) < 4.78 is 6.73. The first-order valence-corrected chi connectivity index (χ1v) is 5.60. The minimum absolute atomic E-state index is 0.357. The van der Waals surface area contributed by atoms with Gasteiger partial charge in [0.15, 0.2) is 0 Å². The first kappa shape index (κ1) is 11.3. The van der Waals surface area contributed by atoms with E-state index < -0.39 is 0 Å². The van der Waals surface area contributed by atoms with Gasteiger partial charge in [-0.25, -0.2) is 9.97 Å². The van der Waals surface area contributed by atoms with Gasteiger partial charge in [0.1, 0.15) is 6.54 Å². The van der Waals surface area contributed by atoms with Crippen LogP contribution in [0.15, 0.2) is 29.3 Å². The number of nitrogens with zero attached hydrogens (tertiary/aromatic N) is 6. The Morgan fingerprint density at radius 3 is 2.68 bits per heavy atom. The van der Waals surface area contributed by atoms with Crippen LogP contribution in [0.1, 0.15) is 11.5 Å². The van der Waals surface area contributed by atoms with Gasteiger partial charge in [0, 0.05) is 18.6 Å². The average Bonchev–Trinajstić information content (AvgIpc) is 3.00. The topological polar surface area (TPSA) is 109 Å². The molecule has 8 heteroatoms. The van der Waals surface area contributed by atoms with E-state index in [-0.39, 0.29) is 0 Å². The zero-order valence-corrected chi connectivity index (χ0v) is 10.2. The van der Waals surface area contributed by atoms with Crippen LogP contribution in [-0.4, -0.2) is 29.9 Å². The Morgan fingerprint density at radius 1 is 1.21 bits per heavy atom. The minimum atomic E-state index is 0.357. The lowest BCUT2D eigenvalue weighted by atomic mass is 10.4. The summed E-state index contributed by atoms with van der Waals surface area (Å²) in [6.07, 6.45) is 6.64. The Bertz CT molecular complexity index is 685. The van der Waals surface area contributed by atoms with Gasteiger partial charge in [0.2, 0.25) is 17.5 Å². The third kappa shape index (κ3) is 2.41. The van der Waals surface area contributed by atoms with E-state index in [0.29, 0.717) is 29.8 Å². The van der Waals surface area contributed by atoms with E-state index in [1.54, 1.807) is 29.5 Å². The lowest BCUT2D eigenvalue weighted by molar-refractivity contribution is 0.366. The molecule has 0 aliphatic heterocycles. The van der Waals surface area contributed by atoms with Crippen LogP contribution in [0.2, 0.25) is 0 Å². The zero-order valence-electron chi connectivity index (χ0n) is 10.2. The molecule has 0 spiro atoms. The Morgan fingerprint density at radius 2 is 2.00 bits per heavy atom. The predicted molar refractivity (Wildman–Crippen MR) is 65.8 cm³/mol. The van der Waals surface area contributed by atoms with E-state index in [0.717, 1.165) is 5.56 Å². The van der Waals surface area contributed by atoms with Crippen LogP contribution < -0.4 is 5.73 Å². The summed E-state index contributed by atoms with van der Waals surface area (Å²) in [5.41, 5.74) is 7.13. The van der Waals surface area contributed by atoms with Crippen LogP contribution in [0.3, 0.4) is 0 Å². The number of hydrogen-bond donors (Lipinski definition) is 1. The summed E-state index contributed by atoms with van der Waals surface area (Å²) in [6, 6.07) is 0. The van der Waals surface area contributed by atoms with Gasteiger partial charge in [0.25, 0.3) is 0 Å². The summed E-state index contributed by atoms with van der Waals surface area (Å²) in [7, 11) is 0. The van der Waals surface area contributed by atoms with Crippen molar-refractivity contribution in [2.45, 2.75) is 13.5 Å². The molecule has 0 atom stereocenters. The van der Waals surface area contributed by atoms with Crippen molar-refractivity contribution in [3.05, 3.63) is 36.2 Å². The zero-order chi connectivity index (χ0) is 13.2. The molecule has 0 amide bonds. The Kier molecular flexibility index (Phi) is 2.67. The molecular weight excluding hydrogens is 246 g/mol. The third-order valence-electron chi connectivity index (χ3n) is 2.40. The summed E-state index contributed by atoms with van der Waals surface area (Å²) in [5.74, 6) is 1.21. The highest BCUT2D eigenvalue weighted by Gasteiger charge is 2.11. The summed E-state index contributed by atoms with van der Waals surface area (Å²) >= 11 is 0. The highest BCUT2D eigenvalue weighted by molar-refractivity contribution is 5.40. The van der Waals surface area contributed by atoms with Crippen LogP contribution in [0.25, 0.3) is 11.6 Å². The number of aromatic nitrogens is 6. The van der Waals surface area contributed by atoms with Gasteiger partial charge in [-0.2, -0.15) is 10.1 Å². The van der Waals surface area contributed by atoms with Gasteiger partial charge in [-0.15, -0.1) is 0 Å². The van der Waals surface area contributed by atoms with Gasteiger partial charge >= 0.3 is 0 Å². The molecule has 3 heterocycles. The van der Waals surface area contributed by atoms with Crippen molar-refractivity contribution in [3.8, 4) is 11.6 Å². The third-order valence-corrected chi connectivity index (χ3v) is 2.40. The normalized spacial score (nSPS) is 10.8. The first-order valence-electron chi connectivity index (χ1n) is 5.60. The second-order valence-electron chi connectivity index (χ2n) is 4.07. The largest absolute Gasteiger partial charge is 0.396 e. The number of rotatable bonds is 3. The molecule has 0 saturated heterocycles. The SMILES string of the molecule is Cc1cnc(-c2noc(Cn3cc(N)cn3)n2)nc1. The smallest absolute Gasteiger partial charge is 0.248 e. The molecule has 0 saturated carbocycles. The van der Waals surface area contributed by atoms with Crippen molar-refractivity contribution in [1.82, 2.24) is 29.9 Å². The molecule has 19 heavy (non-hydrogen) atoms. The Labute approximate surface area is 108 Å². The summed E-state index contributed by atoms with van der Waals surface area (Å²) in [5, 5.41) is 7.87. The number of hydrogen-bond acceptors (Lipinski definition) is 7. The molecule has 2 N–H and O–H groups in total. The number of nitrogen functional groups attached to an aromatic ring is 1. The average molecular weight is 257 g/mol. The number of anilines is 1. The van der Waals surface area contributed by atoms with Crippen molar-refractivity contribution in [1.29, 1.82) is 0 Å². The van der Waals surface area contributed by atoms with Crippen LogP contribution in [0.5, 0.6) is 0 Å². The van der Waals surface area contributed by atoms with Gasteiger partial charge in [-0.3, -0.25) is 4.68 Å². The summed E-state index contributed by atoms with van der Waals surface area (Å²) in [4.78, 5) is 12.5. The molecule has 3 rings (SSSR count). The molecule has 0 aliphatic rings. The van der Waals surface area contributed by atoms with Crippen molar-refractivity contribution < 1.29 is 4.52 Å². The molecule has 0 radical (unpaired) electrons. The maximum atomic E-state index is 5.57. The lowest BCUT2D eigenvalue weighted by Crippen LogP contribution is -2.00. The molecule has 0 aliphatic carbocycles. The maximum absolute atomic E-state index is 5.57. The predicted octanol–water partition coefficient (Wildman–Crippen LogP) is 0.662. The van der Waals surface area contributed by atoms with Crippen molar-refractivity contribution >= 4 is 5.69 Å². The second kappa shape index (κ2) is 4.48. The van der Waals surface area contributed by atoms with E-state index in [4.69, 9.17) is 10.3 Å². The molecule has 0 bridgehead atoms. The molecule has 3 aromatic rings. The molecule has 96 valence electrons. The molecule has 0 aromatic carbocycles. The van der Waals surface area contributed by atoms with Crippen molar-refractivity contribution in [2.24, 2.45) is 0 Å². The van der Waals surface area contributed by atoms with Gasteiger partial charge in [0.05, 0.1) is 11.9 Å². The van der Waals surface area contributed by atoms with E-state index >= 15 is 0 Å². The van der Waals surface area contributed by atoms with Crippen LogP contribution in [0.4, 0.5) is 5.69 Å². The maximum Gasteiger partial charge on any atom is 0.248 e. The van der Waals surface area contributed by atoms with Crippen LogP contribution >= 0.6 is 0 Å². The monoisotopic (exact) mass is 257 g/mol. The Balaban J connectivity index is 1.81. The number of aryl methyl sites for hydroxylation is 1. The van der Waals surface area contributed by atoms with E-state index in [9.17, 15) is 0 Å². The van der Waals surface area contributed by atoms with Crippen LogP contribution in [0, 0.1) is 6.92 Å². The molecule has 3 aromatic heterocycles. The number of nitrogens with two attached hydrogens (primary N) is 1. The van der Waals surface area contributed by atoms with E-state index in [1.807, 2.05) is 6.92 Å².